The van der Waals surface area contributed by atoms with Gasteiger partial charge < -0.3 is 11.1 Å². The van der Waals surface area contributed by atoms with Gasteiger partial charge in [-0.1, -0.05) is 44.2 Å². The molecule has 1 unspecified atom stereocenters. The standard InChI is InChI=1S/C17H24N4/c1-11(2)16-20-15(18)13(4)17(21-16)19-12(3)10-14-8-6-5-7-9-14/h5-9,11-12H,10H2,1-4H3,(H3,18,19,20,21). The first-order chi connectivity index (χ1) is 9.97. The number of nitrogen functional groups attached to an aromatic ring is 1. The number of anilines is 2. The maximum atomic E-state index is 6.00. The molecule has 4 heteroatoms. The third kappa shape index (κ3) is 3.94. The summed E-state index contributed by atoms with van der Waals surface area (Å²) in [6, 6.07) is 10.7. The maximum absolute atomic E-state index is 6.00. The summed E-state index contributed by atoms with van der Waals surface area (Å²) in [6.45, 7) is 8.25. The van der Waals surface area contributed by atoms with Crippen molar-refractivity contribution < 1.29 is 0 Å². The van der Waals surface area contributed by atoms with Gasteiger partial charge in [-0.25, -0.2) is 9.97 Å². The summed E-state index contributed by atoms with van der Waals surface area (Å²) in [5.74, 6) is 2.45. The van der Waals surface area contributed by atoms with Crippen molar-refractivity contribution in [3.63, 3.8) is 0 Å². The van der Waals surface area contributed by atoms with Crippen LogP contribution in [0.25, 0.3) is 0 Å². The molecule has 0 radical (unpaired) electrons. The number of hydrogen-bond donors (Lipinski definition) is 2. The Kier molecular flexibility index (Phi) is 4.78. The molecule has 0 aliphatic carbocycles. The van der Waals surface area contributed by atoms with E-state index in [9.17, 15) is 0 Å². The van der Waals surface area contributed by atoms with Gasteiger partial charge in [-0.3, -0.25) is 0 Å². The van der Waals surface area contributed by atoms with E-state index in [-0.39, 0.29) is 12.0 Å². The van der Waals surface area contributed by atoms with Gasteiger partial charge in [0.1, 0.15) is 17.5 Å². The van der Waals surface area contributed by atoms with Crippen molar-refractivity contribution in [3.05, 3.63) is 47.3 Å². The second-order valence-corrected chi connectivity index (χ2v) is 5.83. The van der Waals surface area contributed by atoms with Crippen LogP contribution >= 0.6 is 0 Å². The monoisotopic (exact) mass is 284 g/mol. The predicted molar refractivity (Wildman–Crippen MR) is 88.5 cm³/mol. The third-order valence-electron chi connectivity index (χ3n) is 3.48. The van der Waals surface area contributed by atoms with Crippen LogP contribution in [-0.2, 0) is 6.42 Å². The van der Waals surface area contributed by atoms with E-state index in [0.717, 1.165) is 23.6 Å². The number of aromatic nitrogens is 2. The van der Waals surface area contributed by atoms with Crippen LogP contribution in [0, 0.1) is 6.92 Å². The maximum Gasteiger partial charge on any atom is 0.135 e. The zero-order chi connectivity index (χ0) is 15.4. The predicted octanol–water partition coefficient (Wildman–Crippen LogP) is 3.53. The first kappa shape index (κ1) is 15.3. The Labute approximate surface area is 126 Å². The van der Waals surface area contributed by atoms with Crippen LogP contribution in [0.2, 0.25) is 0 Å². The molecule has 0 aliphatic heterocycles. The lowest BCUT2D eigenvalue weighted by Crippen LogP contribution is -2.21. The second kappa shape index (κ2) is 6.57. The van der Waals surface area contributed by atoms with E-state index in [1.807, 2.05) is 13.0 Å². The van der Waals surface area contributed by atoms with Crippen molar-refractivity contribution >= 4 is 11.6 Å². The van der Waals surface area contributed by atoms with Crippen molar-refractivity contribution in [1.82, 2.24) is 9.97 Å². The molecule has 2 rings (SSSR count). The molecule has 0 fully saturated rings. The van der Waals surface area contributed by atoms with Gasteiger partial charge in [0.25, 0.3) is 0 Å². The van der Waals surface area contributed by atoms with Crippen LogP contribution in [0.3, 0.4) is 0 Å². The highest BCUT2D eigenvalue weighted by atomic mass is 15.1. The number of nitrogens with zero attached hydrogens (tertiary/aromatic N) is 2. The number of nitrogens with two attached hydrogens (primary N) is 1. The summed E-state index contributed by atoms with van der Waals surface area (Å²) in [6.07, 6.45) is 0.946. The Morgan fingerprint density at radius 2 is 1.76 bits per heavy atom. The fourth-order valence-electron chi connectivity index (χ4n) is 2.20. The van der Waals surface area contributed by atoms with E-state index < -0.39 is 0 Å². The van der Waals surface area contributed by atoms with Gasteiger partial charge in [0, 0.05) is 17.5 Å². The quantitative estimate of drug-likeness (QED) is 0.881. The summed E-state index contributed by atoms with van der Waals surface area (Å²) in [5.41, 5.74) is 8.22. The van der Waals surface area contributed by atoms with Crippen LogP contribution < -0.4 is 11.1 Å². The van der Waals surface area contributed by atoms with Gasteiger partial charge in [-0.2, -0.15) is 0 Å². The minimum Gasteiger partial charge on any atom is -0.383 e. The van der Waals surface area contributed by atoms with Gasteiger partial charge in [0.2, 0.25) is 0 Å². The first-order valence-electron chi connectivity index (χ1n) is 7.41. The van der Waals surface area contributed by atoms with E-state index in [0.29, 0.717) is 5.82 Å². The fraction of sp³-hybridized carbons (Fsp3) is 0.412. The summed E-state index contributed by atoms with van der Waals surface area (Å²) in [4.78, 5) is 8.96. The van der Waals surface area contributed by atoms with Crippen LogP contribution in [0.15, 0.2) is 30.3 Å². The zero-order valence-corrected chi connectivity index (χ0v) is 13.2. The molecular formula is C17H24N4. The average Bonchev–Trinajstić information content (AvgIpc) is 2.44. The van der Waals surface area contributed by atoms with Crippen LogP contribution in [0.1, 0.15) is 43.6 Å². The highest BCUT2D eigenvalue weighted by Crippen LogP contribution is 2.22. The number of benzene rings is 1. The summed E-state index contributed by atoms with van der Waals surface area (Å²) >= 11 is 0. The normalized spacial score (nSPS) is 12.4. The molecule has 0 saturated carbocycles. The zero-order valence-electron chi connectivity index (χ0n) is 13.2. The number of rotatable bonds is 5. The first-order valence-corrected chi connectivity index (χ1v) is 7.41. The average molecular weight is 284 g/mol. The molecule has 1 heterocycles. The molecule has 0 bridgehead atoms. The lowest BCUT2D eigenvalue weighted by atomic mass is 10.1. The number of nitrogens with one attached hydrogen (secondary N) is 1. The Hall–Kier alpha value is -2.10. The van der Waals surface area contributed by atoms with E-state index in [1.165, 1.54) is 5.56 Å². The molecule has 112 valence electrons. The summed E-state index contributed by atoms with van der Waals surface area (Å²) in [5, 5.41) is 3.46. The van der Waals surface area contributed by atoms with Crippen molar-refractivity contribution in [2.45, 2.75) is 46.1 Å². The Morgan fingerprint density at radius 3 is 2.38 bits per heavy atom. The molecule has 4 nitrogen and oxygen atoms in total. The van der Waals surface area contributed by atoms with Crippen molar-refractivity contribution in [2.24, 2.45) is 0 Å². The van der Waals surface area contributed by atoms with Gasteiger partial charge in [-0.15, -0.1) is 0 Å². The molecule has 2 aromatic rings. The van der Waals surface area contributed by atoms with Crippen molar-refractivity contribution in [2.75, 3.05) is 11.1 Å². The molecule has 0 amide bonds. The van der Waals surface area contributed by atoms with Gasteiger partial charge >= 0.3 is 0 Å². The van der Waals surface area contributed by atoms with Crippen LogP contribution in [0.4, 0.5) is 11.6 Å². The highest BCUT2D eigenvalue weighted by molar-refractivity contribution is 5.55. The Balaban J connectivity index is 2.15. The minimum atomic E-state index is 0.262. The van der Waals surface area contributed by atoms with Crippen molar-refractivity contribution in [3.8, 4) is 0 Å². The number of hydrogen-bond acceptors (Lipinski definition) is 4. The van der Waals surface area contributed by atoms with E-state index in [2.05, 4.69) is 60.3 Å². The van der Waals surface area contributed by atoms with E-state index >= 15 is 0 Å². The molecule has 21 heavy (non-hydrogen) atoms. The minimum absolute atomic E-state index is 0.262. The van der Waals surface area contributed by atoms with Gasteiger partial charge in [0.15, 0.2) is 0 Å². The van der Waals surface area contributed by atoms with E-state index in [1.54, 1.807) is 0 Å². The van der Waals surface area contributed by atoms with E-state index in [4.69, 9.17) is 5.73 Å². The molecule has 3 N–H and O–H groups in total. The molecular weight excluding hydrogens is 260 g/mol. The highest BCUT2D eigenvalue weighted by Gasteiger charge is 2.13. The van der Waals surface area contributed by atoms with Crippen LogP contribution in [0.5, 0.6) is 0 Å². The lowest BCUT2D eigenvalue weighted by Gasteiger charge is -2.18. The van der Waals surface area contributed by atoms with Gasteiger partial charge in [-0.05, 0) is 25.8 Å². The third-order valence-corrected chi connectivity index (χ3v) is 3.48. The van der Waals surface area contributed by atoms with Crippen LogP contribution in [-0.4, -0.2) is 16.0 Å². The molecule has 1 aromatic carbocycles. The molecule has 1 atom stereocenters. The topological polar surface area (TPSA) is 63.8 Å². The molecule has 0 aliphatic rings. The molecule has 0 saturated heterocycles. The second-order valence-electron chi connectivity index (χ2n) is 5.83. The Bertz CT molecular complexity index is 593. The molecule has 0 spiro atoms. The molecule has 1 aromatic heterocycles. The Morgan fingerprint density at radius 1 is 1.10 bits per heavy atom. The largest absolute Gasteiger partial charge is 0.383 e. The van der Waals surface area contributed by atoms with Crippen molar-refractivity contribution in [1.29, 1.82) is 0 Å². The smallest absolute Gasteiger partial charge is 0.135 e. The van der Waals surface area contributed by atoms with Gasteiger partial charge in [0.05, 0.1) is 0 Å². The SMILES string of the molecule is Cc1c(N)nc(C(C)C)nc1NC(C)Cc1ccccc1. The summed E-state index contributed by atoms with van der Waals surface area (Å²) < 4.78 is 0. The fourth-order valence-corrected chi connectivity index (χ4v) is 2.20. The lowest BCUT2D eigenvalue weighted by molar-refractivity contribution is 0.752. The summed E-state index contributed by atoms with van der Waals surface area (Å²) in [7, 11) is 0.